The number of hydrogen-bond donors (Lipinski definition) is 1. The van der Waals surface area contributed by atoms with E-state index in [1.165, 1.54) is 5.56 Å². The van der Waals surface area contributed by atoms with Crippen molar-refractivity contribution in [1.29, 1.82) is 0 Å². The lowest BCUT2D eigenvalue weighted by Crippen LogP contribution is -2.57. The van der Waals surface area contributed by atoms with Crippen LogP contribution in [0, 0.1) is 12.8 Å². The minimum Gasteiger partial charge on any atom is -0.307 e. The fraction of sp³-hybridized carbons (Fsp3) is 0.524. The maximum atomic E-state index is 4.41. The molecule has 0 radical (unpaired) electrons. The summed E-state index contributed by atoms with van der Waals surface area (Å²) in [4.78, 5) is 0. The third kappa shape index (κ3) is 5.13. The molecule has 0 atom stereocenters. The van der Waals surface area contributed by atoms with Crippen LogP contribution in [0.25, 0.3) is 0 Å². The lowest BCUT2D eigenvalue weighted by molar-refractivity contribution is 0.150. The summed E-state index contributed by atoms with van der Waals surface area (Å²) < 4.78 is 0. The minimum absolute atomic E-state index is 0.151. The molecule has 130 valence electrons. The summed E-state index contributed by atoms with van der Waals surface area (Å²) in [6.07, 6.45) is 8.46. The molecule has 0 spiro atoms. The number of allylic oxidation sites excluding steroid dienone is 2. The first-order chi connectivity index (χ1) is 11.2. The monoisotopic (exact) mass is 325 g/mol. The van der Waals surface area contributed by atoms with Gasteiger partial charge in [-0.3, -0.25) is 0 Å². The summed E-state index contributed by atoms with van der Waals surface area (Å²) in [5, 5.41) is 12.3. The van der Waals surface area contributed by atoms with Gasteiger partial charge in [-0.25, -0.2) is 0 Å². The fourth-order valence-corrected chi connectivity index (χ4v) is 3.92. The van der Waals surface area contributed by atoms with Crippen LogP contribution in [-0.4, -0.2) is 23.0 Å². The molecule has 2 rings (SSSR count). The molecule has 1 fully saturated rings. The zero-order valence-electron chi connectivity index (χ0n) is 15.9. The molecule has 0 bridgehead atoms. The lowest BCUT2D eigenvalue weighted by Gasteiger charge is -2.45. The van der Waals surface area contributed by atoms with E-state index in [1.807, 2.05) is 6.92 Å². The predicted molar refractivity (Wildman–Crippen MR) is 105 cm³/mol. The SMILES string of the molecule is C/C=N/N=C(\C=C/C1CC(C)(C)NC(C)(C)C1)c1ccccc1C. The Morgan fingerprint density at radius 1 is 1.12 bits per heavy atom. The molecule has 1 aromatic rings. The Bertz CT molecular complexity index is 635. The first kappa shape index (κ1) is 18.6. The van der Waals surface area contributed by atoms with E-state index in [9.17, 15) is 0 Å². The number of hydrogen-bond acceptors (Lipinski definition) is 3. The number of piperidine rings is 1. The van der Waals surface area contributed by atoms with Gasteiger partial charge in [-0.1, -0.05) is 30.3 Å². The van der Waals surface area contributed by atoms with Crippen LogP contribution in [0.4, 0.5) is 0 Å². The van der Waals surface area contributed by atoms with Gasteiger partial charge in [0.2, 0.25) is 0 Å². The number of rotatable bonds is 4. The second kappa shape index (κ2) is 7.43. The van der Waals surface area contributed by atoms with E-state index >= 15 is 0 Å². The zero-order chi connectivity index (χ0) is 17.8. The minimum atomic E-state index is 0.151. The Kier molecular flexibility index (Phi) is 5.76. The first-order valence-electron chi connectivity index (χ1n) is 8.82. The highest BCUT2D eigenvalue weighted by Gasteiger charge is 2.36. The molecule has 3 nitrogen and oxygen atoms in total. The van der Waals surface area contributed by atoms with E-state index in [0.717, 1.165) is 24.1 Å². The third-order valence-electron chi connectivity index (χ3n) is 4.45. The summed E-state index contributed by atoms with van der Waals surface area (Å²) in [6.45, 7) is 13.1. The summed E-state index contributed by atoms with van der Waals surface area (Å²) in [5.74, 6) is 0.538. The highest BCUT2D eigenvalue weighted by molar-refractivity contribution is 6.09. The molecule has 1 heterocycles. The molecule has 1 N–H and O–H groups in total. The standard InChI is InChI=1S/C21H31N3/c1-7-22-23-19(18-11-9-8-10-16(18)2)13-12-17-14-20(3,4)24-21(5,6)15-17/h7-13,17,24H,14-15H2,1-6H3/b13-12-,22-7+,23-19+. The van der Waals surface area contributed by atoms with E-state index in [2.05, 4.69) is 86.6 Å². The van der Waals surface area contributed by atoms with Gasteiger partial charge in [-0.15, -0.1) is 0 Å². The summed E-state index contributed by atoms with van der Waals surface area (Å²) in [5.41, 5.74) is 3.60. The largest absolute Gasteiger partial charge is 0.307 e. The highest BCUT2D eigenvalue weighted by atomic mass is 15.2. The lowest BCUT2D eigenvalue weighted by atomic mass is 9.76. The molecular weight excluding hydrogens is 294 g/mol. The highest BCUT2D eigenvalue weighted by Crippen LogP contribution is 2.33. The van der Waals surface area contributed by atoms with Crippen LogP contribution in [0.1, 0.15) is 58.6 Å². The predicted octanol–water partition coefficient (Wildman–Crippen LogP) is 4.90. The topological polar surface area (TPSA) is 36.8 Å². The molecule has 3 heteroatoms. The number of benzene rings is 1. The second-order valence-electron chi connectivity index (χ2n) is 8.09. The van der Waals surface area contributed by atoms with Crippen LogP contribution in [-0.2, 0) is 0 Å². The number of aryl methyl sites for hydroxylation is 1. The summed E-state index contributed by atoms with van der Waals surface area (Å²) in [7, 11) is 0. The Labute approximate surface area is 147 Å². The van der Waals surface area contributed by atoms with E-state index in [-0.39, 0.29) is 11.1 Å². The van der Waals surface area contributed by atoms with Gasteiger partial charge in [0.05, 0.1) is 5.71 Å². The maximum Gasteiger partial charge on any atom is 0.0928 e. The van der Waals surface area contributed by atoms with Gasteiger partial charge in [0.1, 0.15) is 0 Å². The molecule has 1 aliphatic rings. The van der Waals surface area contributed by atoms with Gasteiger partial charge >= 0.3 is 0 Å². The van der Waals surface area contributed by atoms with E-state index in [0.29, 0.717) is 5.92 Å². The van der Waals surface area contributed by atoms with Crippen molar-refractivity contribution >= 4 is 11.9 Å². The molecule has 0 unspecified atom stereocenters. The Balaban J connectivity index is 2.27. The molecule has 0 saturated carbocycles. The number of nitrogens with one attached hydrogen (secondary N) is 1. The number of nitrogens with zero attached hydrogens (tertiary/aromatic N) is 2. The molecule has 24 heavy (non-hydrogen) atoms. The normalized spacial score (nSPS) is 21.7. The van der Waals surface area contributed by atoms with Crippen LogP contribution in [0.2, 0.25) is 0 Å². The Morgan fingerprint density at radius 2 is 1.75 bits per heavy atom. The average Bonchev–Trinajstić information content (AvgIpc) is 2.45. The smallest absolute Gasteiger partial charge is 0.0928 e. The van der Waals surface area contributed by atoms with E-state index < -0.39 is 0 Å². The second-order valence-corrected chi connectivity index (χ2v) is 8.09. The molecule has 0 aromatic heterocycles. The Hall–Kier alpha value is -1.74. The van der Waals surface area contributed by atoms with Crippen molar-refractivity contribution in [3.8, 4) is 0 Å². The van der Waals surface area contributed by atoms with Crippen molar-refractivity contribution < 1.29 is 0 Å². The van der Waals surface area contributed by atoms with Gasteiger partial charge in [0.15, 0.2) is 0 Å². The van der Waals surface area contributed by atoms with Crippen molar-refractivity contribution in [2.45, 2.75) is 65.5 Å². The van der Waals surface area contributed by atoms with Crippen LogP contribution in [0.5, 0.6) is 0 Å². The Morgan fingerprint density at radius 3 is 2.33 bits per heavy atom. The molecule has 1 saturated heterocycles. The molecule has 0 aliphatic carbocycles. The van der Waals surface area contributed by atoms with Gasteiger partial charge in [0.25, 0.3) is 0 Å². The van der Waals surface area contributed by atoms with Crippen LogP contribution >= 0.6 is 0 Å². The van der Waals surface area contributed by atoms with Crippen molar-refractivity contribution in [1.82, 2.24) is 5.32 Å². The molecule has 0 amide bonds. The van der Waals surface area contributed by atoms with Crippen LogP contribution < -0.4 is 5.32 Å². The zero-order valence-corrected chi connectivity index (χ0v) is 15.9. The van der Waals surface area contributed by atoms with Crippen molar-refractivity contribution in [3.63, 3.8) is 0 Å². The fourth-order valence-electron chi connectivity index (χ4n) is 3.92. The molecule has 1 aliphatic heterocycles. The van der Waals surface area contributed by atoms with E-state index in [4.69, 9.17) is 0 Å². The summed E-state index contributed by atoms with van der Waals surface area (Å²) in [6, 6.07) is 8.34. The van der Waals surface area contributed by atoms with Gasteiger partial charge in [-0.2, -0.15) is 10.2 Å². The van der Waals surface area contributed by atoms with Crippen LogP contribution in [0.15, 0.2) is 46.6 Å². The van der Waals surface area contributed by atoms with Gasteiger partial charge in [-0.05, 0) is 71.9 Å². The molecular formula is C21H31N3. The van der Waals surface area contributed by atoms with Crippen molar-refractivity contribution in [3.05, 3.63) is 47.5 Å². The maximum absolute atomic E-state index is 4.41. The van der Waals surface area contributed by atoms with E-state index in [1.54, 1.807) is 6.21 Å². The average molecular weight is 326 g/mol. The quantitative estimate of drug-likeness (QED) is 0.620. The van der Waals surface area contributed by atoms with Gasteiger partial charge < -0.3 is 5.32 Å². The van der Waals surface area contributed by atoms with Crippen molar-refractivity contribution in [2.75, 3.05) is 0 Å². The first-order valence-corrected chi connectivity index (χ1v) is 8.82. The van der Waals surface area contributed by atoms with Crippen molar-refractivity contribution in [2.24, 2.45) is 16.1 Å². The third-order valence-corrected chi connectivity index (χ3v) is 4.45. The van der Waals surface area contributed by atoms with Gasteiger partial charge in [0, 0.05) is 22.9 Å². The molecule has 1 aromatic carbocycles. The summed E-state index contributed by atoms with van der Waals surface area (Å²) >= 11 is 0. The van der Waals surface area contributed by atoms with Crippen LogP contribution in [0.3, 0.4) is 0 Å².